The van der Waals surface area contributed by atoms with Crippen molar-refractivity contribution in [3.05, 3.63) is 23.8 Å². The van der Waals surface area contributed by atoms with Gasteiger partial charge in [-0.05, 0) is 56.2 Å². The molecule has 0 bridgehead atoms. The molecule has 1 aromatic rings. The molecule has 6 heteroatoms. The van der Waals surface area contributed by atoms with Gasteiger partial charge in [-0.25, -0.2) is 13.1 Å². The molecule has 3 N–H and O–H groups in total. The highest BCUT2D eigenvalue weighted by Gasteiger charge is 2.31. The van der Waals surface area contributed by atoms with Crippen molar-refractivity contribution >= 4 is 27.5 Å². The number of benzene rings is 1. The fourth-order valence-corrected chi connectivity index (χ4v) is 4.88. The van der Waals surface area contributed by atoms with Crippen LogP contribution in [-0.2, 0) is 10.0 Å². The van der Waals surface area contributed by atoms with E-state index < -0.39 is 10.0 Å². The third-order valence-corrected chi connectivity index (χ3v) is 6.24. The summed E-state index contributed by atoms with van der Waals surface area (Å²) in [5.41, 5.74) is 7.03. The van der Waals surface area contributed by atoms with Crippen LogP contribution in [0.4, 0.5) is 5.69 Å². The first kappa shape index (κ1) is 14.7. The maximum Gasteiger partial charge on any atom is 0.240 e. The van der Waals surface area contributed by atoms with Gasteiger partial charge in [0.05, 0.1) is 4.90 Å². The zero-order chi connectivity index (χ0) is 14.1. The van der Waals surface area contributed by atoms with E-state index in [4.69, 9.17) is 5.73 Å². The Morgan fingerprint density at radius 1 is 1.42 bits per heavy atom. The van der Waals surface area contributed by atoms with Crippen molar-refractivity contribution in [2.45, 2.75) is 36.3 Å². The highest BCUT2D eigenvalue weighted by Crippen LogP contribution is 2.37. The van der Waals surface area contributed by atoms with E-state index in [0.717, 1.165) is 24.2 Å². The Bertz CT molecular complexity index is 544. The number of aryl methyl sites for hydroxylation is 1. The molecule has 0 aliphatic carbocycles. The minimum absolute atomic E-state index is 0.0163. The van der Waals surface area contributed by atoms with Crippen LogP contribution in [0.5, 0.6) is 0 Å². The second-order valence-electron chi connectivity index (χ2n) is 5.31. The van der Waals surface area contributed by atoms with Crippen LogP contribution >= 0.6 is 11.8 Å². The van der Waals surface area contributed by atoms with Crippen LogP contribution in [0.15, 0.2) is 23.1 Å². The smallest absolute Gasteiger partial charge is 0.240 e. The van der Waals surface area contributed by atoms with Crippen LogP contribution in [0.1, 0.15) is 25.3 Å². The molecule has 4 nitrogen and oxygen atoms in total. The van der Waals surface area contributed by atoms with Gasteiger partial charge in [0.1, 0.15) is 0 Å². The van der Waals surface area contributed by atoms with E-state index >= 15 is 0 Å². The number of thioether (sulfide) groups is 1. The first-order valence-corrected chi connectivity index (χ1v) is 8.78. The summed E-state index contributed by atoms with van der Waals surface area (Å²) in [5.74, 6) is 1.11. The summed E-state index contributed by atoms with van der Waals surface area (Å²) in [5, 5.41) is 0. The van der Waals surface area contributed by atoms with E-state index in [9.17, 15) is 8.42 Å². The summed E-state index contributed by atoms with van der Waals surface area (Å²) in [6.07, 6.45) is 2.20. The molecule has 19 heavy (non-hydrogen) atoms. The molecule has 1 aliphatic heterocycles. The second kappa shape index (κ2) is 5.34. The Balaban J connectivity index is 2.13. The molecule has 106 valence electrons. The van der Waals surface area contributed by atoms with Crippen molar-refractivity contribution < 1.29 is 8.42 Å². The maximum absolute atomic E-state index is 12.3. The fourth-order valence-electron chi connectivity index (χ4n) is 2.24. The number of sulfonamides is 1. The van der Waals surface area contributed by atoms with Crippen LogP contribution in [0, 0.1) is 6.92 Å². The number of hydrogen-bond acceptors (Lipinski definition) is 4. The lowest BCUT2D eigenvalue weighted by molar-refractivity contribution is 0.552. The molecule has 0 amide bonds. The van der Waals surface area contributed by atoms with Crippen molar-refractivity contribution in [2.75, 3.05) is 18.0 Å². The van der Waals surface area contributed by atoms with Crippen LogP contribution < -0.4 is 10.5 Å². The van der Waals surface area contributed by atoms with Gasteiger partial charge in [-0.2, -0.15) is 11.8 Å². The molecule has 1 heterocycles. The molecule has 0 saturated carbocycles. The molecule has 1 aliphatic rings. The topological polar surface area (TPSA) is 72.2 Å². The van der Waals surface area contributed by atoms with Gasteiger partial charge in [-0.1, -0.05) is 0 Å². The summed E-state index contributed by atoms with van der Waals surface area (Å²) in [7, 11) is -3.47. The first-order valence-electron chi connectivity index (χ1n) is 6.32. The third kappa shape index (κ3) is 3.64. The molecular formula is C13H20N2O2S2. The van der Waals surface area contributed by atoms with E-state index in [1.165, 1.54) is 6.07 Å². The average Bonchev–Trinajstić information content (AvgIpc) is 2.73. The molecular weight excluding hydrogens is 280 g/mol. The SMILES string of the molecule is Cc1cc(N)cc(S(=O)(=O)NCC2(C)CCCS2)c1. The third-order valence-electron chi connectivity index (χ3n) is 3.32. The quantitative estimate of drug-likeness (QED) is 0.836. The van der Waals surface area contributed by atoms with Gasteiger partial charge in [-0.15, -0.1) is 0 Å². The van der Waals surface area contributed by atoms with Gasteiger partial charge in [0.15, 0.2) is 0 Å². The van der Waals surface area contributed by atoms with Crippen LogP contribution in [0.2, 0.25) is 0 Å². The minimum atomic E-state index is -3.47. The Hall–Kier alpha value is -0.720. The van der Waals surface area contributed by atoms with E-state index in [1.807, 2.05) is 18.7 Å². The number of nitrogen functional groups attached to an aromatic ring is 1. The number of hydrogen-bond donors (Lipinski definition) is 2. The predicted molar refractivity (Wildman–Crippen MR) is 80.9 cm³/mol. The zero-order valence-corrected chi connectivity index (χ0v) is 12.9. The minimum Gasteiger partial charge on any atom is -0.399 e. The van der Waals surface area contributed by atoms with Crippen LogP contribution in [-0.4, -0.2) is 25.5 Å². The van der Waals surface area contributed by atoms with Gasteiger partial charge >= 0.3 is 0 Å². The molecule has 1 fully saturated rings. The van der Waals surface area contributed by atoms with E-state index in [2.05, 4.69) is 11.6 Å². The van der Waals surface area contributed by atoms with Crippen LogP contribution in [0.25, 0.3) is 0 Å². The lowest BCUT2D eigenvalue weighted by Crippen LogP contribution is -2.36. The average molecular weight is 300 g/mol. The zero-order valence-electron chi connectivity index (χ0n) is 11.3. The van der Waals surface area contributed by atoms with Crippen molar-refractivity contribution in [3.8, 4) is 0 Å². The summed E-state index contributed by atoms with van der Waals surface area (Å²) in [6, 6.07) is 4.90. The summed E-state index contributed by atoms with van der Waals surface area (Å²) < 4.78 is 27.2. The summed E-state index contributed by atoms with van der Waals surface area (Å²) in [6.45, 7) is 4.41. The highest BCUT2D eigenvalue weighted by molar-refractivity contribution is 8.01. The van der Waals surface area contributed by atoms with Crippen molar-refractivity contribution in [3.63, 3.8) is 0 Å². The van der Waals surface area contributed by atoms with E-state index in [1.54, 1.807) is 12.1 Å². The molecule has 0 spiro atoms. The summed E-state index contributed by atoms with van der Waals surface area (Å²) >= 11 is 1.84. The number of rotatable bonds is 4. The molecule has 2 rings (SSSR count). The lowest BCUT2D eigenvalue weighted by Gasteiger charge is -2.22. The van der Waals surface area contributed by atoms with Crippen molar-refractivity contribution in [1.82, 2.24) is 4.72 Å². The monoisotopic (exact) mass is 300 g/mol. The Morgan fingerprint density at radius 3 is 2.74 bits per heavy atom. The normalized spacial score (nSPS) is 23.7. The molecule has 1 aromatic carbocycles. The van der Waals surface area contributed by atoms with Gasteiger partial charge < -0.3 is 5.73 Å². The maximum atomic E-state index is 12.3. The van der Waals surface area contributed by atoms with Gasteiger partial charge in [0, 0.05) is 17.0 Å². The van der Waals surface area contributed by atoms with Crippen molar-refractivity contribution in [1.29, 1.82) is 0 Å². The largest absolute Gasteiger partial charge is 0.399 e. The standard InChI is InChI=1S/C13H20N2O2S2/c1-10-6-11(14)8-12(7-10)19(16,17)15-9-13(2)4-3-5-18-13/h6-8,15H,3-5,9,14H2,1-2H3. The van der Waals surface area contributed by atoms with Gasteiger partial charge in [0.25, 0.3) is 0 Å². The Labute approximate surface area is 119 Å². The molecule has 1 saturated heterocycles. The number of nitrogens with two attached hydrogens (primary N) is 1. The fraction of sp³-hybridized carbons (Fsp3) is 0.538. The number of nitrogens with one attached hydrogen (secondary N) is 1. The molecule has 0 radical (unpaired) electrons. The van der Waals surface area contributed by atoms with E-state index in [-0.39, 0.29) is 9.64 Å². The highest BCUT2D eigenvalue weighted by atomic mass is 32.2. The Kier molecular flexibility index (Phi) is 4.13. The van der Waals surface area contributed by atoms with Gasteiger partial charge in [0.2, 0.25) is 10.0 Å². The van der Waals surface area contributed by atoms with Crippen LogP contribution in [0.3, 0.4) is 0 Å². The Morgan fingerprint density at radius 2 is 2.16 bits per heavy atom. The van der Waals surface area contributed by atoms with E-state index in [0.29, 0.717) is 12.2 Å². The second-order valence-corrected chi connectivity index (χ2v) is 8.76. The van der Waals surface area contributed by atoms with Crippen molar-refractivity contribution in [2.24, 2.45) is 0 Å². The lowest BCUT2D eigenvalue weighted by atomic mass is 10.1. The summed E-state index contributed by atoms with van der Waals surface area (Å²) in [4.78, 5) is 0.247. The predicted octanol–water partition coefficient (Wildman–Crippen LogP) is 2.14. The molecule has 0 aromatic heterocycles. The van der Waals surface area contributed by atoms with Gasteiger partial charge in [-0.3, -0.25) is 0 Å². The molecule has 1 atom stereocenters. The number of anilines is 1. The molecule has 1 unspecified atom stereocenters. The first-order chi connectivity index (χ1) is 8.81.